The number of benzene rings is 2. The zero-order valence-corrected chi connectivity index (χ0v) is 15.4. The first kappa shape index (κ1) is 16.4. The normalized spacial score (nSPS) is 12.9. The van der Waals surface area contributed by atoms with Gasteiger partial charge in [-0.05, 0) is 55.7 Å². The fraction of sp³-hybridized carbons (Fsp3) is 0.429. The Balaban J connectivity index is 1.85. The van der Waals surface area contributed by atoms with Gasteiger partial charge >= 0.3 is 0 Å². The molecule has 0 fully saturated rings. The summed E-state index contributed by atoms with van der Waals surface area (Å²) < 4.78 is 0. The Morgan fingerprint density at radius 3 is 1.91 bits per heavy atom. The molecule has 122 valence electrons. The third-order valence-corrected chi connectivity index (χ3v) is 5.61. The molecular weight excluding hydrogens is 298 g/mol. The summed E-state index contributed by atoms with van der Waals surface area (Å²) in [5.41, 5.74) is 5.45. The van der Waals surface area contributed by atoms with Crippen LogP contribution < -0.4 is 4.90 Å². The fourth-order valence-electron chi connectivity index (χ4n) is 3.21. The van der Waals surface area contributed by atoms with Crippen molar-refractivity contribution in [2.75, 3.05) is 11.4 Å². The van der Waals surface area contributed by atoms with Gasteiger partial charge in [-0.25, -0.2) is 0 Å². The monoisotopic (exact) mass is 325 g/mol. The van der Waals surface area contributed by atoms with Crippen molar-refractivity contribution in [3.63, 3.8) is 0 Å². The van der Waals surface area contributed by atoms with E-state index < -0.39 is 0 Å². The van der Waals surface area contributed by atoms with Crippen molar-refractivity contribution in [1.29, 1.82) is 0 Å². The molecule has 1 aliphatic rings. The first-order valence-electron chi connectivity index (χ1n) is 8.85. The van der Waals surface area contributed by atoms with E-state index >= 15 is 0 Å². The molecule has 0 spiro atoms. The summed E-state index contributed by atoms with van der Waals surface area (Å²) in [6.07, 6.45) is 6.64. The lowest BCUT2D eigenvalue weighted by molar-refractivity contribution is 0.632. The highest BCUT2D eigenvalue weighted by molar-refractivity contribution is 7.99. The van der Waals surface area contributed by atoms with Gasteiger partial charge in [-0.15, -0.1) is 0 Å². The molecule has 23 heavy (non-hydrogen) atoms. The van der Waals surface area contributed by atoms with E-state index in [0.29, 0.717) is 0 Å². The highest BCUT2D eigenvalue weighted by Gasteiger charge is 2.23. The van der Waals surface area contributed by atoms with Crippen LogP contribution in [0.1, 0.15) is 50.2 Å². The van der Waals surface area contributed by atoms with E-state index in [4.69, 9.17) is 0 Å². The van der Waals surface area contributed by atoms with Gasteiger partial charge in [0, 0.05) is 16.3 Å². The summed E-state index contributed by atoms with van der Waals surface area (Å²) in [5.74, 6) is 0. The van der Waals surface area contributed by atoms with Crippen molar-refractivity contribution in [2.45, 2.75) is 62.7 Å². The van der Waals surface area contributed by atoms with Crippen LogP contribution in [0, 0.1) is 13.8 Å². The Kier molecular flexibility index (Phi) is 5.32. The molecule has 1 heterocycles. The van der Waals surface area contributed by atoms with E-state index in [-0.39, 0.29) is 0 Å². The van der Waals surface area contributed by atoms with Gasteiger partial charge in [-0.1, -0.05) is 56.5 Å². The maximum Gasteiger partial charge on any atom is 0.0553 e. The zero-order valence-electron chi connectivity index (χ0n) is 14.6. The van der Waals surface area contributed by atoms with Gasteiger partial charge < -0.3 is 4.90 Å². The van der Waals surface area contributed by atoms with Crippen LogP contribution in [0.3, 0.4) is 0 Å². The lowest BCUT2D eigenvalue weighted by Gasteiger charge is -2.33. The second-order valence-electron chi connectivity index (χ2n) is 6.61. The van der Waals surface area contributed by atoms with Crippen molar-refractivity contribution >= 4 is 23.1 Å². The van der Waals surface area contributed by atoms with E-state index in [9.17, 15) is 0 Å². The molecular formula is C21H27NS. The number of unbranched alkanes of at least 4 members (excludes halogenated alkanes) is 4. The molecule has 0 saturated carbocycles. The molecule has 0 radical (unpaired) electrons. The van der Waals surface area contributed by atoms with Gasteiger partial charge in [-0.3, -0.25) is 0 Å². The van der Waals surface area contributed by atoms with Crippen molar-refractivity contribution in [1.82, 2.24) is 0 Å². The molecule has 0 bridgehead atoms. The molecule has 0 atom stereocenters. The standard InChI is InChI=1S/C21H27NS/c1-4-5-6-7-8-13-22-18-11-9-16(2)14-20(18)23-21-15-17(3)10-12-19(21)22/h9-12,14-15H,4-8,13H2,1-3H3. The van der Waals surface area contributed by atoms with Crippen molar-refractivity contribution in [3.05, 3.63) is 47.5 Å². The summed E-state index contributed by atoms with van der Waals surface area (Å²) in [4.78, 5) is 5.33. The fourth-order valence-corrected chi connectivity index (χ4v) is 4.51. The Morgan fingerprint density at radius 1 is 0.783 bits per heavy atom. The van der Waals surface area contributed by atoms with Crippen LogP contribution in [0.4, 0.5) is 11.4 Å². The summed E-state index contributed by atoms with van der Waals surface area (Å²) in [7, 11) is 0. The van der Waals surface area contributed by atoms with E-state index in [1.165, 1.54) is 64.4 Å². The topological polar surface area (TPSA) is 3.24 Å². The average Bonchev–Trinajstić information content (AvgIpc) is 2.53. The van der Waals surface area contributed by atoms with Gasteiger partial charge in [-0.2, -0.15) is 0 Å². The Bertz CT molecular complexity index is 626. The van der Waals surface area contributed by atoms with Crippen LogP contribution in [0.15, 0.2) is 46.2 Å². The minimum absolute atomic E-state index is 1.12. The molecule has 0 unspecified atom stereocenters. The minimum Gasteiger partial charge on any atom is -0.340 e. The van der Waals surface area contributed by atoms with Crippen LogP contribution >= 0.6 is 11.8 Å². The van der Waals surface area contributed by atoms with Gasteiger partial charge in [0.15, 0.2) is 0 Å². The Hall–Kier alpha value is -1.41. The largest absolute Gasteiger partial charge is 0.340 e. The quantitative estimate of drug-likeness (QED) is 0.533. The predicted octanol–water partition coefficient (Wildman–Crippen LogP) is 6.88. The molecule has 3 rings (SSSR count). The SMILES string of the molecule is CCCCCCCN1c2ccc(C)cc2Sc2cc(C)ccc21. The summed E-state index contributed by atoms with van der Waals surface area (Å²) in [5, 5.41) is 0. The first-order chi connectivity index (χ1) is 11.2. The molecule has 0 aromatic heterocycles. The minimum atomic E-state index is 1.12. The molecule has 0 amide bonds. The lowest BCUT2D eigenvalue weighted by atomic mass is 10.1. The zero-order chi connectivity index (χ0) is 16.2. The lowest BCUT2D eigenvalue weighted by Crippen LogP contribution is -2.22. The van der Waals surface area contributed by atoms with Gasteiger partial charge in [0.2, 0.25) is 0 Å². The van der Waals surface area contributed by atoms with Crippen LogP contribution in [0.5, 0.6) is 0 Å². The molecule has 1 aliphatic heterocycles. The maximum atomic E-state index is 2.53. The van der Waals surface area contributed by atoms with Crippen molar-refractivity contribution in [2.24, 2.45) is 0 Å². The number of fused-ring (bicyclic) bond motifs is 2. The number of rotatable bonds is 6. The third-order valence-electron chi connectivity index (χ3n) is 4.52. The smallest absolute Gasteiger partial charge is 0.0553 e. The van der Waals surface area contributed by atoms with Crippen molar-refractivity contribution in [3.8, 4) is 0 Å². The van der Waals surface area contributed by atoms with Crippen LogP contribution in [0.25, 0.3) is 0 Å². The maximum absolute atomic E-state index is 2.53. The number of hydrogen-bond acceptors (Lipinski definition) is 2. The Morgan fingerprint density at radius 2 is 1.35 bits per heavy atom. The summed E-state index contributed by atoms with van der Waals surface area (Å²) >= 11 is 1.92. The second-order valence-corrected chi connectivity index (χ2v) is 7.69. The molecule has 2 aromatic carbocycles. The number of aryl methyl sites for hydroxylation is 2. The van der Waals surface area contributed by atoms with E-state index in [2.05, 4.69) is 62.1 Å². The predicted molar refractivity (Wildman–Crippen MR) is 102 cm³/mol. The second kappa shape index (κ2) is 7.44. The molecule has 0 aliphatic carbocycles. The molecule has 2 heteroatoms. The number of nitrogens with zero attached hydrogens (tertiary/aromatic N) is 1. The van der Waals surface area contributed by atoms with Gasteiger partial charge in [0.25, 0.3) is 0 Å². The van der Waals surface area contributed by atoms with Crippen molar-refractivity contribution < 1.29 is 0 Å². The van der Waals surface area contributed by atoms with E-state index in [1.807, 2.05) is 11.8 Å². The van der Waals surface area contributed by atoms with E-state index in [1.54, 1.807) is 0 Å². The highest BCUT2D eigenvalue weighted by Crippen LogP contribution is 2.48. The van der Waals surface area contributed by atoms with Crippen LogP contribution in [-0.4, -0.2) is 6.54 Å². The third kappa shape index (κ3) is 3.74. The average molecular weight is 326 g/mol. The van der Waals surface area contributed by atoms with E-state index in [0.717, 1.165) is 6.54 Å². The first-order valence-corrected chi connectivity index (χ1v) is 9.67. The molecule has 0 N–H and O–H groups in total. The highest BCUT2D eigenvalue weighted by atomic mass is 32.2. The number of anilines is 2. The summed E-state index contributed by atoms with van der Waals surface area (Å²) in [6.45, 7) is 7.76. The van der Waals surface area contributed by atoms with Gasteiger partial charge in [0.1, 0.15) is 0 Å². The molecule has 0 saturated heterocycles. The van der Waals surface area contributed by atoms with Gasteiger partial charge in [0.05, 0.1) is 11.4 Å². The molecule has 1 nitrogen and oxygen atoms in total. The Labute approximate surface area is 145 Å². The van der Waals surface area contributed by atoms with Crippen LogP contribution in [-0.2, 0) is 0 Å². The number of hydrogen-bond donors (Lipinski definition) is 0. The summed E-state index contributed by atoms with van der Waals surface area (Å²) in [6, 6.07) is 13.7. The molecule has 2 aromatic rings. The van der Waals surface area contributed by atoms with Crippen LogP contribution in [0.2, 0.25) is 0 Å².